The number of ether oxygens (including phenoxy) is 2. The smallest absolute Gasteiger partial charge is 0.159 e. The Hall–Kier alpha value is -1.92. The minimum Gasteiger partial charge on any atom is -0.497 e. The molecule has 0 bridgehead atoms. The molecule has 0 saturated heterocycles. The summed E-state index contributed by atoms with van der Waals surface area (Å²) in [5.74, 6) is 2.88. The van der Waals surface area contributed by atoms with Gasteiger partial charge in [0.25, 0.3) is 0 Å². The van der Waals surface area contributed by atoms with Crippen LogP contribution in [0.25, 0.3) is 0 Å². The topological polar surface area (TPSA) is 52.4 Å². The van der Waals surface area contributed by atoms with Gasteiger partial charge in [-0.3, -0.25) is 4.90 Å². The van der Waals surface area contributed by atoms with Crippen molar-refractivity contribution in [2.75, 3.05) is 20.8 Å². The highest BCUT2D eigenvalue weighted by atomic mass is 16.5. The Balaban J connectivity index is 1.73. The number of rotatable bonds is 5. The molecule has 1 aromatic carbocycles. The first kappa shape index (κ1) is 16.0. The molecule has 3 rings (SSSR count). The molecule has 6 nitrogen and oxygen atoms in total. The van der Waals surface area contributed by atoms with Crippen LogP contribution in [-0.4, -0.2) is 46.5 Å². The predicted molar refractivity (Wildman–Crippen MR) is 87.3 cm³/mol. The van der Waals surface area contributed by atoms with Gasteiger partial charge in [0.2, 0.25) is 0 Å². The summed E-state index contributed by atoms with van der Waals surface area (Å²) in [7, 11) is 3.40. The SMILES string of the molecule is COCc1nnc2n1CCN(Cc1cccc(OC)c1)[C@@H](C)C2. The van der Waals surface area contributed by atoms with Gasteiger partial charge in [0, 0.05) is 39.2 Å². The van der Waals surface area contributed by atoms with E-state index < -0.39 is 0 Å². The molecule has 0 unspecified atom stereocenters. The van der Waals surface area contributed by atoms with Gasteiger partial charge < -0.3 is 14.0 Å². The summed E-state index contributed by atoms with van der Waals surface area (Å²) in [4.78, 5) is 2.49. The first-order chi connectivity index (χ1) is 11.2. The van der Waals surface area contributed by atoms with Crippen molar-refractivity contribution >= 4 is 0 Å². The molecule has 1 atom stereocenters. The van der Waals surface area contributed by atoms with Crippen LogP contribution in [0.1, 0.15) is 24.1 Å². The summed E-state index contributed by atoms with van der Waals surface area (Å²) in [5, 5.41) is 8.59. The fourth-order valence-corrected chi connectivity index (χ4v) is 3.10. The van der Waals surface area contributed by atoms with Crippen LogP contribution < -0.4 is 4.74 Å². The van der Waals surface area contributed by atoms with Gasteiger partial charge in [0.15, 0.2) is 5.82 Å². The molecule has 0 amide bonds. The summed E-state index contributed by atoms with van der Waals surface area (Å²) >= 11 is 0. The molecule has 0 saturated carbocycles. The molecule has 1 aliphatic heterocycles. The second-order valence-corrected chi connectivity index (χ2v) is 5.99. The van der Waals surface area contributed by atoms with Crippen LogP contribution in [0.15, 0.2) is 24.3 Å². The number of fused-ring (bicyclic) bond motifs is 1. The van der Waals surface area contributed by atoms with Crippen molar-refractivity contribution in [1.82, 2.24) is 19.7 Å². The largest absolute Gasteiger partial charge is 0.497 e. The second kappa shape index (κ2) is 7.10. The van der Waals surface area contributed by atoms with E-state index in [1.54, 1.807) is 14.2 Å². The highest BCUT2D eigenvalue weighted by Crippen LogP contribution is 2.19. The van der Waals surface area contributed by atoms with E-state index in [2.05, 4.69) is 38.7 Å². The number of hydrogen-bond acceptors (Lipinski definition) is 5. The normalized spacial score (nSPS) is 18.5. The lowest BCUT2D eigenvalue weighted by Gasteiger charge is -2.26. The van der Waals surface area contributed by atoms with Crippen molar-refractivity contribution in [2.24, 2.45) is 0 Å². The lowest BCUT2D eigenvalue weighted by Crippen LogP contribution is -2.34. The summed E-state index contributed by atoms with van der Waals surface area (Å²) in [6, 6.07) is 8.70. The van der Waals surface area contributed by atoms with Gasteiger partial charge >= 0.3 is 0 Å². The van der Waals surface area contributed by atoms with E-state index in [1.807, 2.05) is 12.1 Å². The van der Waals surface area contributed by atoms with Crippen molar-refractivity contribution in [1.29, 1.82) is 0 Å². The Labute approximate surface area is 137 Å². The van der Waals surface area contributed by atoms with Gasteiger partial charge in [0.1, 0.15) is 18.2 Å². The predicted octanol–water partition coefficient (Wildman–Crippen LogP) is 1.88. The Kier molecular flexibility index (Phi) is 4.93. The zero-order valence-corrected chi connectivity index (χ0v) is 14.0. The average Bonchev–Trinajstić information content (AvgIpc) is 2.86. The van der Waals surface area contributed by atoms with Crippen LogP contribution in [0.3, 0.4) is 0 Å². The molecular formula is C17H24N4O2. The van der Waals surface area contributed by atoms with E-state index in [4.69, 9.17) is 9.47 Å². The Morgan fingerprint density at radius 3 is 2.87 bits per heavy atom. The van der Waals surface area contributed by atoms with Gasteiger partial charge in [-0.2, -0.15) is 0 Å². The van der Waals surface area contributed by atoms with Crippen LogP contribution >= 0.6 is 0 Å². The lowest BCUT2D eigenvalue weighted by atomic mass is 10.1. The van der Waals surface area contributed by atoms with Crippen molar-refractivity contribution in [3.63, 3.8) is 0 Å². The average molecular weight is 316 g/mol. The molecule has 23 heavy (non-hydrogen) atoms. The van der Waals surface area contributed by atoms with Gasteiger partial charge in [-0.1, -0.05) is 12.1 Å². The fraction of sp³-hybridized carbons (Fsp3) is 0.529. The highest BCUT2D eigenvalue weighted by Gasteiger charge is 2.24. The Morgan fingerprint density at radius 2 is 2.09 bits per heavy atom. The van der Waals surface area contributed by atoms with Gasteiger partial charge in [0.05, 0.1) is 7.11 Å². The molecule has 1 aliphatic rings. The molecule has 6 heteroatoms. The number of nitrogens with zero attached hydrogens (tertiary/aromatic N) is 4. The molecule has 2 aromatic rings. The van der Waals surface area contributed by atoms with E-state index in [0.717, 1.165) is 43.5 Å². The first-order valence-corrected chi connectivity index (χ1v) is 7.98. The van der Waals surface area contributed by atoms with E-state index in [-0.39, 0.29) is 0 Å². The van der Waals surface area contributed by atoms with Gasteiger partial charge in [-0.05, 0) is 24.6 Å². The second-order valence-electron chi connectivity index (χ2n) is 5.99. The number of benzene rings is 1. The third-order valence-electron chi connectivity index (χ3n) is 4.41. The number of aromatic nitrogens is 3. The monoisotopic (exact) mass is 316 g/mol. The van der Waals surface area contributed by atoms with Gasteiger partial charge in [-0.15, -0.1) is 10.2 Å². The zero-order chi connectivity index (χ0) is 16.2. The molecular weight excluding hydrogens is 292 g/mol. The van der Waals surface area contributed by atoms with E-state index in [1.165, 1.54) is 5.56 Å². The standard InChI is InChI=1S/C17H24N4O2/c1-13-9-16-18-19-17(12-22-2)21(16)8-7-20(13)11-14-5-4-6-15(10-14)23-3/h4-6,10,13H,7-9,11-12H2,1-3H3/t13-/m0/s1. The van der Waals surface area contributed by atoms with Crippen LogP contribution in [0.2, 0.25) is 0 Å². The van der Waals surface area contributed by atoms with E-state index >= 15 is 0 Å². The maximum Gasteiger partial charge on any atom is 0.159 e. The zero-order valence-electron chi connectivity index (χ0n) is 14.0. The quantitative estimate of drug-likeness (QED) is 0.843. The molecule has 0 fully saturated rings. The molecule has 0 spiro atoms. The molecule has 124 valence electrons. The van der Waals surface area contributed by atoms with E-state index in [9.17, 15) is 0 Å². The van der Waals surface area contributed by atoms with Crippen molar-refractivity contribution in [3.05, 3.63) is 41.5 Å². The van der Waals surface area contributed by atoms with Crippen LogP contribution in [0.5, 0.6) is 5.75 Å². The Bertz CT molecular complexity index is 656. The number of methoxy groups -OCH3 is 2. The van der Waals surface area contributed by atoms with E-state index in [0.29, 0.717) is 12.6 Å². The third-order valence-corrected chi connectivity index (χ3v) is 4.41. The van der Waals surface area contributed by atoms with Crippen molar-refractivity contribution < 1.29 is 9.47 Å². The molecule has 2 heterocycles. The van der Waals surface area contributed by atoms with Gasteiger partial charge in [-0.25, -0.2) is 0 Å². The minimum atomic E-state index is 0.419. The minimum absolute atomic E-state index is 0.419. The molecule has 0 N–H and O–H groups in total. The third kappa shape index (κ3) is 3.54. The highest BCUT2D eigenvalue weighted by molar-refractivity contribution is 5.28. The molecule has 0 aliphatic carbocycles. The molecule has 1 aromatic heterocycles. The van der Waals surface area contributed by atoms with Crippen molar-refractivity contribution in [2.45, 2.75) is 39.1 Å². The maximum atomic E-state index is 5.32. The van der Waals surface area contributed by atoms with Crippen molar-refractivity contribution in [3.8, 4) is 5.75 Å². The lowest BCUT2D eigenvalue weighted by molar-refractivity contribution is 0.171. The van der Waals surface area contributed by atoms with Crippen LogP contribution in [-0.2, 0) is 30.9 Å². The summed E-state index contributed by atoms with van der Waals surface area (Å²) in [6.07, 6.45) is 0.903. The van der Waals surface area contributed by atoms with Crippen LogP contribution in [0, 0.1) is 0 Å². The first-order valence-electron chi connectivity index (χ1n) is 7.98. The summed E-state index contributed by atoms with van der Waals surface area (Å²) in [5.41, 5.74) is 1.27. The summed E-state index contributed by atoms with van der Waals surface area (Å²) < 4.78 is 12.7. The molecule has 0 radical (unpaired) electrons. The number of hydrogen-bond donors (Lipinski definition) is 0. The fourth-order valence-electron chi connectivity index (χ4n) is 3.10. The van der Waals surface area contributed by atoms with Crippen LogP contribution in [0.4, 0.5) is 0 Å². The summed E-state index contributed by atoms with van der Waals surface area (Å²) in [6.45, 7) is 5.55. The maximum absolute atomic E-state index is 5.32. The Morgan fingerprint density at radius 1 is 1.22 bits per heavy atom.